The lowest BCUT2D eigenvalue weighted by atomic mass is 10.2. The van der Waals surface area contributed by atoms with Crippen LogP contribution in [0.5, 0.6) is 5.75 Å². The molecule has 1 amide bonds. The first-order valence-electron chi connectivity index (χ1n) is 6.24. The van der Waals surface area contributed by atoms with Crippen molar-refractivity contribution in [2.24, 2.45) is 0 Å². The normalized spacial score (nSPS) is 11.8. The highest BCUT2D eigenvalue weighted by Gasteiger charge is 2.16. The third kappa shape index (κ3) is 4.19. The van der Waals surface area contributed by atoms with Gasteiger partial charge in [-0.25, -0.2) is 4.39 Å². The molecule has 0 heterocycles. The molecule has 0 radical (unpaired) electrons. The Morgan fingerprint density at radius 2 is 1.95 bits per heavy atom. The van der Waals surface area contributed by atoms with Gasteiger partial charge in [0.25, 0.3) is 5.91 Å². The molecule has 2 rings (SSSR count). The summed E-state index contributed by atoms with van der Waals surface area (Å²) < 4.78 is 19.4. The largest absolute Gasteiger partial charge is 0.481 e. The number of nitrogens with two attached hydrogens (primary N) is 1. The number of hydrogen-bond donors (Lipinski definition) is 2. The summed E-state index contributed by atoms with van der Waals surface area (Å²) >= 11 is 3.32. The molecule has 0 aromatic heterocycles. The molecule has 0 aliphatic rings. The monoisotopic (exact) mass is 352 g/mol. The van der Waals surface area contributed by atoms with Crippen molar-refractivity contribution in [1.82, 2.24) is 0 Å². The molecule has 0 aliphatic carbocycles. The average Bonchev–Trinajstić information content (AvgIpc) is 2.44. The van der Waals surface area contributed by atoms with E-state index in [1.807, 2.05) is 12.1 Å². The Bertz CT molecular complexity index is 647. The van der Waals surface area contributed by atoms with Crippen LogP contribution in [0.15, 0.2) is 46.9 Å². The molecule has 0 saturated heterocycles. The molecule has 0 saturated carbocycles. The van der Waals surface area contributed by atoms with Crippen molar-refractivity contribution in [1.29, 1.82) is 0 Å². The minimum Gasteiger partial charge on any atom is -0.481 e. The number of benzene rings is 2. The van der Waals surface area contributed by atoms with Crippen LogP contribution in [-0.4, -0.2) is 12.0 Å². The Morgan fingerprint density at radius 3 is 2.57 bits per heavy atom. The minimum absolute atomic E-state index is 0.166. The molecule has 110 valence electrons. The zero-order valence-corrected chi connectivity index (χ0v) is 12.9. The second-order valence-electron chi connectivity index (χ2n) is 4.43. The molecule has 4 nitrogen and oxygen atoms in total. The third-order valence-electron chi connectivity index (χ3n) is 2.77. The second kappa shape index (κ2) is 6.58. The summed E-state index contributed by atoms with van der Waals surface area (Å²) in [5.74, 6) is -0.242. The molecular formula is C15H14BrFN2O2. The number of nitrogen functional groups attached to an aromatic ring is 1. The highest BCUT2D eigenvalue weighted by atomic mass is 79.9. The number of rotatable bonds is 4. The molecule has 6 heteroatoms. The quantitative estimate of drug-likeness (QED) is 0.826. The fourth-order valence-corrected chi connectivity index (χ4v) is 1.92. The number of carbonyl (C=O) groups is 1. The molecule has 2 aromatic rings. The van der Waals surface area contributed by atoms with Gasteiger partial charge in [0.05, 0.1) is 11.4 Å². The van der Waals surface area contributed by atoms with E-state index in [0.717, 1.165) is 10.5 Å². The number of hydrogen-bond acceptors (Lipinski definition) is 3. The van der Waals surface area contributed by atoms with Crippen molar-refractivity contribution in [2.75, 3.05) is 11.1 Å². The highest BCUT2D eigenvalue weighted by molar-refractivity contribution is 9.10. The van der Waals surface area contributed by atoms with Crippen LogP contribution in [0, 0.1) is 5.82 Å². The van der Waals surface area contributed by atoms with Crippen LogP contribution in [0.2, 0.25) is 0 Å². The fraction of sp³-hybridized carbons (Fsp3) is 0.133. The van der Waals surface area contributed by atoms with Crippen molar-refractivity contribution in [2.45, 2.75) is 13.0 Å². The van der Waals surface area contributed by atoms with Crippen LogP contribution in [0.25, 0.3) is 0 Å². The van der Waals surface area contributed by atoms with Gasteiger partial charge in [-0.05, 0) is 49.4 Å². The average molecular weight is 353 g/mol. The first kappa shape index (κ1) is 15.3. The SMILES string of the molecule is CC(Oc1ccc(Br)cc1)C(=O)Nc1ccc(F)cc1N. The number of ether oxygens (including phenoxy) is 1. The summed E-state index contributed by atoms with van der Waals surface area (Å²) in [4.78, 5) is 12.0. The number of amides is 1. The van der Waals surface area contributed by atoms with Gasteiger partial charge in [-0.15, -0.1) is 0 Å². The van der Waals surface area contributed by atoms with E-state index in [0.29, 0.717) is 11.4 Å². The van der Waals surface area contributed by atoms with Crippen LogP contribution in [-0.2, 0) is 4.79 Å². The Labute approximate surface area is 130 Å². The molecule has 0 spiro atoms. The van der Waals surface area contributed by atoms with E-state index in [2.05, 4.69) is 21.2 Å². The van der Waals surface area contributed by atoms with Crippen molar-refractivity contribution < 1.29 is 13.9 Å². The van der Waals surface area contributed by atoms with E-state index in [1.165, 1.54) is 12.1 Å². The van der Waals surface area contributed by atoms with Crippen molar-refractivity contribution >= 4 is 33.2 Å². The van der Waals surface area contributed by atoms with E-state index in [-0.39, 0.29) is 11.6 Å². The molecule has 1 unspecified atom stereocenters. The van der Waals surface area contributed by atoms with Gasteiger partial charge in [0.2, 0.25) is 0 Å². The maximum atomic E-state index is 12.9. The minimum atomic E-state index is -0.712. The second-order valence-corrected chi connectivity index (χ2v) is 5.35. The molecule has 21 heavy (non-hydrogen) atoms. The highest BCUT2D eigenvalue weighted by Crippen LogP contribution is 2.21. The van der Waals surface area contributed by atoms with Gasteiger partial charge in [0, 0.05) is 4.47 Å². The number of anilines is 2. The fourth-order valence-electron chi connectivity index (χ4n) is 1.65. The van der Waals surface area contributed by atoms with Crippen molar-refractivity contribution in [3.8, 4) is 5.75 Å². The predicted molar refractivity (Wildman–Crippen MR) is 83.7 cm³/mol. The summed E-state index contributed by atoms with van der Waals surface area (Å²) in [6.45, 7) is 1.62. The summed E-state index contributed by atoms with van der Waals surface area (Å²) in [5, 5.41) is 2.60. The van der Waals surface area contributed by atoms with Crippen LogP contribution in [0.4, 0.5) is 15.8 Å². The van der Waals surface area contributed by atoms with Crippen molar-refractivity contribution in [3.05, 3.63) is 52.8 Å². The zero-order valence-electron chi connectivity index (χ0n) is 11.3. The van der Waals surface area contributed by atoms with E-state index in [1.54, 1.807) is 19.1 Å². The Hall–Kier alpha value is -2.08. The topological polar surface area (TPSA) is 64.3 Å². The van der Waals surface area contributed by atoms with Gasteiger partial charge in [-0.2, -0.15) is 0 Å². The number of carbonyl (C=O) groups excluding carboxylic acids is 1. The van der Waals surface area contributed by atoms with E-state index in [9.17, 15) is 9.18 Å². The van der Waals surface area contributed by atoms with Gasteiger partial charge < -0.3 is 15.8 Å². The van der Waals surface area contributed by atoms with Gasteiger partial charge in [0.15, 0.2) is 6.10 Å². The van der Waals surface area contributed by atoms with Gasteiger partial charge in [-0.1, -0.05) is 15.9 Å². The first-order chi connectivity index (χ1) is 9.95. The van der Waals surface area contributed by atoms with Gasteiger partial charge in [0.1, 0.15) is 11.6 Å². The maximum absolute atomic E-state index is 12.9. The molecular weight excluding hydrogens is 339 g/mol. The van der Waals surface area contributed by atoms with Gasteiger partial charge in [-0.3, -0.25) is 4.79 Å². The number of nitrogens with one attached hydrogen (secondary N) is 1. The molecule has 3 N–H and O–H groups in total. The lowest BCUT2D eigenvalue weighted by Crippen LogP contribution is -2.30. The summed E-state index contributed by atoms with van der Waals surface area (Å²) in [6, 6.07) is 10.9. The van der Waals surface area contributed by atoms with E-state index < -0.39 is 11.9 Å². The van der Waals surface area contributed by atoms with E-state index >= 15 is 0 Å². The van der Waals surface area contributed by atoms with Crippen LogP contribution < -0.4 is 15.8 Å². The molecule has 0 aliphatic heterocycles. The van der Waals surface area contributed by atoms with Gasteiger partial charge >= 0.3 is 0 Å². The van der Waals surface area contributed by atoms with Crippen LogP contribution >= 0.6 is 15.9 Å². The van der Waals surface area contributed by atoms with E-state index in [4.69, 9.17) is 10.5 Å². The van der Waals surface area contributed by atoms with Crippen LogP contribution in [0.3, 0.4) is 0 Å². The number of halogens is 2. The summed E-state index contributed by atoms with van der Waals surface area (Å²) in [5.41, 5.74) is 6.16. The molecule has 2 aromatic carbocycles. The van der Waals surface area contributed by atoms with Crippen molar-refractivity contribution in [3.63, 3.8) is 0 Å². The summed E-state index contributed by atoms with van der Waals surface area (Å²) in [6.07, 6.45) is -0.712. The lowest BCUT2D eigenvalue weighted by molar-refractivity contribution is -0.122. The standard InChI is InChI=1S/C15H14BrFN2O2/c1-9(21-12-5-2-10(16)3-6-12)15(20)19-14-7-4-11(17)8-13(14)18/h2-9H,18H2,1H3,(H,19,20). The first-order valence-corrected chi connectivity index (χ1v) is 7.03. The maximum Gasteiger partial charge on any atom is 0.265 e. The Kier molecular flexibility index (Phi) is 4.80. The summed E-state index contributed by atoms with van der Waals surface area (Å²) in [7, 11) is 0. The predicted octanol–water partition coefficient (Wildman–Crippen LogP) is 3.58. The molecule has 1 atom stereocenters. The Balaban J connectivity index is 2.00. The molecule has 0 bridgehead atoms. The third-order valence-corrected chi connectivity index (χ3v) is 3.30. The molecule has 0 fully saturated rings. The Morgan fingerprint density at radius 1 is 1.29 bits per heavy atom. The lowest BCUT2D eigenvalue weighted by Gasteiger charge is -2.15. The van der Waals surface area contributed by atoms with Crippen LogP contribution in [0.1, 0.15) is 6.92 Å². The smallest absolute Gasteiger partial charge is 0.265 e. The zero-order chi connectivity index (χ0) is 15.4.